The number of allylic oxidation sites excluding steroid dienone is 1. The van der Waals surface area contributed by atoms with E-state index >= 15 is 0 Å². The molecule has 9 heteroatoms. The van der Waals surface area contributed by atoms with Crippen molar-refractivity contribution in [2.24, 2.45) is 16.6 Å². The number of methoxy groups -OCH3 is 1. The Bertz CT molecular complexity index is 846. The quantitative estimate of drug-likeness (QED) is 0.326. The van der Waals surface area contributed by atoms with Crippen LogP contribution in [0.1, 0.15) is 31.7 Å². The Balaban J connectivity index is 2.65. The highest BCUT2D eigenvalue weighted by atomic mass is 16.6. The van der Waals surface area contributed by atoms with Crippen molar-refractivity contribution in [3.63, 3.8) is 0 Å². The number of benzene rings is 1. The number of hydrogen-bond donors (Lipinski definition) is 1. The van der Waals surface area contributed by atoms with Gasteiger partial charge in [-0.2, -0.15) is 0 Å². The van der Waals surface area contributed by atoms with Gasteiger partial charge in [0.1, 0.15) is 5.92 Å². The van der Waals surface area contributed by atoms with Gasteiger partial charge in [0.25, 0.3) is 5.69 Å². The number of nitro benzene ring substituents is 1. The summed E-state index contributed by atoms with van der Waals surface area (Å²) < 4.78 is 10.2. The van der Waals surface area contributed by atoms with Gasteiger partial charge in [-0.3, -0.25) is 19.9 Å². The zero-order chi connectivity index (χ0) is 20.8. The zero-order valence-electron chi connectivity index (χ0n) is 16.0. The van der Waals surface area contributed by atoms with Crippen LogP contribution in [0, 0.1) is 16.0 Å². The third-order valence-electron chi connectivity index (χ3n) is 4.55. The number of nitrogens with zero attached hydrogens (tertiary/aromatic N) is 2. The van der Waals surface area contributed by atoms with E-state index in [1.165, 1.54) is 25.3 Å². The predicted molar refractivity (Wildman–Crippen MR) is 102 cm³/mol. The standard InChI is InChI=1S/C19H23N3O6/c1-11-15(18(23)27-3)17(13-7-4-5-8-14(13)22(25)26)16(12(2)21-11)19(24)28-10-6-9-20/h4-5,7-8,15,17H,6,9-10,20H2,1-3H3. The maximum absolute atomic E-state index is 12.8. The summed E-state index contributed by atoms with van der Waals surface area (Å²) in [6, 6.07) is 5.99. The van der Waals surface area contributed by atoms with Gasteiger partial charge in [0.15, 0.2) is 0 Å². The smallest absolute Gasteiger partial charge is 0.336 e. The molecule has 1 aliphatic rings. The molecule has 0 amide bonds. The van der Waals surface area contributed by atoms with Crippen molar-refractivity contribution >= 4 is 23.3 Å². The first-order valence-corrected chi connectivity index (χ1v) is 8.77. The molecule has 150 valence electrons. The van der Waals surface area contributed by atoms with Gasteiger partial charge in [-0.05, 0) is 26.8 Å². The van der Waals surface area contributed by atoms with Gasteiger partial charge in [0.2, 0.25) is 0 Å². The van der Waals surface area contributed by atoms with Crippen LogP contribution in [-0.4, -0.2) is 42.8 Å². The summed E-state index contributed by atoms with van der Waals surface area (Å²) in [5, 5.41) is 11.6. The molecule has 2 N–H and O–H groups in total. The van der Waals surface area contributed by atoms with E-state index in [0.29, 0.717) is 24.4 Å². The predicted octanol–water partition coefficient (Wildman–Crippen LogP) is 2.11. The molecule has 0 saturated heterocycles. The zero-order valence-corrected chi connectivity index (χ0v) is 16.0. The van der Waals surface area contributed by atoms with Crippen molar-refractivity contribution in [3.05, 3.63) is 51.2 Å². The Kier molecular flexibility index (Phi) is 7.00. The van der Waals surface area contributed by atoms with Crippen LogP contribution >= 0.6 is 0 Å². The van der Waals surface area contributed by atoms with E-state index in [0.717, 1.165) is 0 Å². The Morgan fingerprint density at radius 3 is 2.57 bits per heavy atom. The number of nitro groups is 1. The largest absolute Gasteiger partial charge is 0.468 e. The van der Waals surface area contributed by atoms with Gasteiger partial charge in [-0.1, -0.05) is 18.2 Å². The molecule has 0 spiro atoms. The first-order chi connectivity index (χ1) is 13.3. The topological polar surface area (TPSA) is 134 Å². The lowest BCUT2D eigenvalue weighted by molar-refractivity contribution is -0.385. The maximum Gasteiger partial charge on any atom is 0.336 e. The first-order valence-electron chi connectivity index (χ1n) is 8.77. The highest BCUT2D eigenvalue weighted by Crippen LogP contribution is 2.43. The van der Waals surface area contributed by atoms with Crippen LogP contribution in [0.5, 0.6) is 0 Å². The highest BCUT2D eigenvalue weighted by Gasteiger charge is 2.44. The van der Waals surface area contributed by atoms with Gasteiger partial charge in [-0.25, -0.2) is 4.79 Å². The summed E-state index contributed by atoms with van der Waals surface area (Å²) in [6.07, 6.45) is 0.469. The number of carbonyl (C=O) groups is 2. The molecular weight excluding hydrogens is 366 g/mol. The van der Waals surface area contributed by atoms with Crippen LogP contribution in [0.3, 0.4) is 0 Å². The molecule has 0 aliphatic carbocycles. The summed E-state index contributed by atoms with van der Waals surface area (Å²) >= 11 is 0. The molecule has 28 heavy (non-hydrogen) atoms. The van der Waals surface area contributed by atoms with Gasteiger partial charge >= 0.3 is 11.9 Å². The Morgan fingerprint density at radius 2 is 1.96 bits per heavy atom. The number of rotatable bonds is 7. The number of hydrogen-bond acceptors (Lipinski definition) is 8. The number of esters is 2. The van der Waals surface area contributed by atoms with Crippen molar-refractivity contribution in [3.8, 4) is 0 Å². The average molecular weight is 389 g/mol. The third kappa shape index (κ3) is 4.25. The molecule has 9 nitrogen and oxygen atoms in total. The van der Waals surface area contributed by atoms with Crippen LogP contribution in [0.15, 0.2) is 40.5 Å². The van der Waals surface area contributed by atoms with E-state index in [-0.39, 0.29) is 23.4 Å². The van der Waals surface area contributed by atoms with Gasteiger partial charge in [-0.15, -0.1) is 0 Å². The molecular formula is C19H23N3O6. The minimum atomic E-state index is -0.980. The number of para-hydroxylation sites is 1. The molecule has 0 fully saturated rings. The molecule has 1 aliphatic heterocycles. The lowest BCUT2D eigenvalue weighted by Crippen LogP contribution is -2.36. The van der Waals surface area contributed by atoms with Crippen LogP contribution in [-0.2, 0) is 19.1 Å². The van der Waals surface area contributed by atoms with E-state index in [1.807, 2.05) is 0 Å². The molecule has 0 bridgehead atoms. The number of aliphatic imine (C=N–C) groups is 1. The van der Waals surface area contributed by atoms with Crippen LogP contribution in [0.2, 0.25) is 0 Å². The summed E-state index contributed by atoms with van der Waals surface area (Å²) in [6.45, 7) is 3.68. The summed E-state index contributed by atoms with van der Waals surface area (Å²) in [5.41, 5.74) is 6.31. The normalized spacial score (nSPS) is 19.1. The summed E-state index contributed by atoms with van der Waals surface area (Å²) in [7, 11) is 1.22. The lowest BCUT2D eigenvalue weighted by atomic mass is 9.75. The highest BCUT2D eigenvalue weighted by molar-refractivity contribution is 6.07. The van der Waals surface area contributed by atoms with E-state index in [1.54, 1.807) is 19.9 Å². The van der Waals surface area contributed by atoms with E-state index in [9.17, 15) is 19.7 Å². The molecule has 1 heterocycles. The molecule has 1 aromatic carbocycles. The molecule has 1 aromatic rings. The Morgan fingerprint density at radius 1 is 1.29 bits per heavy atom. The number of ether oxygens (including phenoxy) is 2. The SMILES string of the molecule is COC(=O)C1C(C)=NC(C)=C(C(=O)OCCCN)C1c1ccccc1[N+](=O)[O-]. The van der Waals surface area contributed by atoms with Crippen molar-refractivity contribution in [2.45, 2.75) is 26.2 Å². The lowest BCUT2D eigenvalue weighted by Gasteiger charge is -2.31. The second-order valence-electron chi connectivity index (χ2n) is 6.32. The summed E-state index contributed by atoms with van der Waals surface area (Å²) in [5.74, 6) is -3.24. The van der Waals surface area contributed by atoms with Crippen molar-refractivity contribution in [1.29, 1.82) is 0 Å². The molecule has 0 aromatic heterocycles. The first kappa shape index (κ1) is 21.2. The average Bonchev–Trinajstić information content (AvgIpc) is 2.66. The number of carbonyl (C=O) groups excluding carboxylic acids is 2. The Labute approximate surface area is 162 Å². The van der Waals surface area contributed by atoms with Crippen LogP contribution < -0.4 is 5.73 Å². The monoisotopic (exact) mass is 389 g/mol. The summed E-state index contributed by atoms with van der Waals surface area (Å²) in [4.78, 5) is 40.7. The molecule has 0 radical (unpaired) electrons. The van der Waals surface area contributed by atoms with Crippen LogP contribution in [0.25, 0.3) is 0 Å². The van der Waals surface area contributed by atoms with Crippen LogP contribution in [0.4, 0.5) is 5.69 Å². The number of nitrogens with two attached hydrogens (primary N) is 1. The fourth-order valence-corrected chi connectivity index (χ4v) is 3.31. The van der Waals surface area contributed by atoms with Crippen molar-refractivity contribution < 1.29 is 24.0 Å². The minimum Gasteiger partial charge on any atom is -0.468 e. The maximum atomic E-state index is 12.8. The van der Waals surface area contributed by atoms with E-state index in [4.69, 9.17) is 15.2 Å². The van der Waals surface area contributed by atoms with Crippen molar-refractivity contribution in [2.75, 3.05) is 20.3 Å². The molecule has 2 atom stereocenters. The van der Waals surface area contributed by atoms with E-state index in [2.05, 4.69) is 4.99 Å². The van der Waals surface area contributed by atoms with Gasteiger partial charge in [0, 0.05) is 29.0 Å². The fraction of sp³-hybridized carbons (Fsp3) is 0.421. The minimum absolute atomic E-state index is 0.0985. The van der Waals surface area contributed by atoms with E-state index < -0.39 is 28.7 Å². The second kappa shape index (κ2) is 9.23. The van der Waals surface area contributed by atoms with Gasteiger partial charge < -0.3 is 15.2 Å². The fourth-order valence-electron chi connectivity index (χ4n) is 3.31. The molecule has 0 saturated carbocycles. The van der Waals surface area contributed by atoms with Crippen molar-refractivity contribution in [1.82, 2.24) is 0 Å². The third-order valence-corrected chi connectivity index (χ3v) is 4.55. The van der Waals surface area contributed by atoms with Gasteiger partial charge in [0.05, 0.1) is 24.2 Å². The molecule has 2 unspecified atom stereocenters. The second-order valence-corrected chi connectivity index (χ2v) is 6.32. The molecule has 2 rings (SSSR count). The Hall–Kier alpha value is -3.07.